The Hall–Kier alpha value is -0.0900. The van der Waals surface area contributed by atoms with E-state index in [1.165, 1.54) is 30.6 Å². The van der Waals surface area contributed by atoms with Gasteiger partial charge < -0.3 is 10.2 Å². The molecule has 1 heterocycles. The fourth-order valence-electron chi connectivity index (χ4n) is 2.44. The van der Waals surface area contributed by atoms with Crippen LogP contribution in [0.25, 0.3) is 0 Å². The van der Waals surface area contributed by atoms with Crippen LogP contribution in [-0.2, 0) is 6.54 Å². The highest BCUT2D eigenvalue weighted by Crippen LogP contribution is 2.22. The van der Waals surface area contributed by atoms with Crippen LogP contribution >= 0.6 is 22.9 Å². The molecule has 2 rings (SSSR count). The highest BCUT2D eigenvalue weighted by molar-refractivity contribution is 7.16. The van der Waals surface area contributed by atoms with Crippen molar-refractivity contribution in [1.29, 1.82) is 0 Å². The van der Waals surface area contributed by atoms with Gasteiger partial charge in [0.05, 0.1) is 4.34 Å². The van der Waals surface area contributed by atoms with E-state index in [1.807, 2.05) is 6.07 Å². The lowest BCUT2D eigenvalue weighted by atomic mass is 10.2. The maximum Gasteiger partial charge on any atom is 0.0931 e. The lowest BCUT2D eigenvalue weighted by Gasteiger charge is -2.23. The molecule has 1 aromatic rings. The molecule has 2 nitrogen and oxygen atoms in total. The number of hydrogen-bond donors (Lipinski definition) is 1. The largest absolute Gasteiger partial charge is 0.311 e. The predicted molar refractivity (Wildman–Crippen MR) is 75.9 cm³/mol. The summed E-state index contributed by atoms with van der Waals surface area (Å²) in [6, 6.07) is 4.89. The number of hydrogen-bond acceptors (Lipinski definition) is 3. The van der Waals surface area contributed by atoms with Gasteiger partial charge in [0.2, 0.25) is 0 Å². The van der Waals surface area contributed by atoms with Gasteiger partial charge in [-0.3, -0.25) is 0 Å². The zero-order valence-electron chi connectivity index (χ0n) is 10.4. The molecule has 1 fully saturated rings. The second kappa shape index (κ2) is 6.74. The summed E-state index contributed by atoms with van der Waals surface area (Å²) in [4.78, 5) is 3.82. The van der Waals surface area contributed by atoms with Crippen LogP contribution in [-0.4, -0.2) is 31.1 Å². The van der Waals surface area contributed by atoms with Crippen molar-refractivity contribution in [2.24, 2.45) is 0 Å². The van der Waals surface area contributed by atoms with Crippen molar-refractivity contribution in [3.8, 4) is 0 Å². The molecule has 0 atom stereocenters. The SMILES string of the molecule is CN(CCNCc1ccc(Cl)s1)C1CCCC1. The molecule has 0 saturated heterocycles. The fourth-order valence-corrected chi connectivity index (χ4v) is 3.50. The van der Waals surface area contributed by atoms with E-state index >= 15 is 0 Å². The maximum absolute atomic E-state index is 5.89. The first-order chi connectivity index (χ1) is 8.25. The van der Waals surface area contributed by atoms with Crippen LogP contribution < -0.4 is 5.32 Å². The van der Waals surface area contributed by atoms with E-state index in [0.717, 1.165) is 30.0 Å². The van der Waals surface area contributed by atoms with Gasteiger partial charge in [-0.2, -0.15) is 0 Å². The second-order valence-corrected chi connectivity index (χ2v) is 6.60. The molecular formula is C13H21ClN2S. The third-order valence-electron chi connectivity index (χ3n) is 3.52. The summed E-state index contributed by atoms with van der Waals surface area (Å²) in [6.45, 7) is 3.14. The van der Waals surface area contributed by atoms with Gasteiger partial charge in [0, 0.05) is 30.6 Å². The summed E-state index contributed by atoms with van der Waals surface area (Å²) >= 11 is 7.55. The molecule has 0 aliphatic heterocycles. The number of thiophene rings is 1. The topological polar surface area (TPSA) is 15.3 Å². The summed E-state index contributed by atoms with van der Waals surface area (Å²) in [5.74, 6) is 0. The van der Waals surface area contributed by atoms with E-state index in [4.69, 9.17) is 11.6 Å². The molecule has 1 aliphatic rings. The number of rotatable bonds is 6. The van der Waals surface area contributed by atoms with Crippen molar-refractivity contribution < 1.29 is 0 Å². The van der Waals surface area contributed by atoms with E-state index < -0.39 is 0 Å². The van der Waals surface area contributed by atoms with E-state index in [9.17, 15) is 0 Å². The molecule has 0 bridgehead atoms. The molecule has 0 unspecified atom stereocenters. The first-order valence-corrected chi connectivity index (χ1v) is 7.60. The molecule has 1 saturated carbocycles. The quantitative estimate of drug-likeness (QED) is 0.799. The summed E-state index contributed by atoms with van der Waals surface area (Å²) in [5.41, 5.74) is 0. The normalized spacial score (nSPS) is 17.1. The predicted octanol–water partition coefficient (Wildman–Crippen LogP) is 3.37. The van der Waals surface area contributed by atoms with Crippen LogP contribution in [0.5, 0.6) is 0 Å². The summed E-state index contributed by atoms with van der Waals surface area (Å²) in [7, 11) is 2.25. The number of likely N-dealkylation sites (N-methyl/N-ethyl adjacent to an activating group) is 1. The molecule has 1 aliphatic carbocycles. The second-order valence-electron chi connectivity index (χ2n) is 4.80. The average Bonchev–Trinajstić information content (AvgIpc) is 2.95. The molecular weight excluding hydrogens is 252 g/mol. The van der Waals surface area contributed by atoms with Crippen molar-refractivity contribution >= 4 is 22.9 Å². The van der Waals surface area contributed by atoms with E-state index in [1.54, 1.807) is 11.3 Å². The monoisotopic (exact) mass is 272 g/mol. The van der Waals surface area contributed by atoms with Gasteiger partial charge >= 0.3 is 0 Å². The van der Waals surface area contributed by atoms with Crippen LogP contribution in [0, 0.1) is 0 Å². The van der Waals surface area contributed by atoms with Crippen molar-refractivity contribution in [3.05, 3.63) is 21.3 Å². The molecule has 0 radical (unpaired) electrons. The number of nitrogens with zero attached hydrogens (tertiary/aromatic N) is 1. The van der Waals surface area contributed by atoms with Crippen molar-refractivity contribution in [1.82, 2.24) is 10.2 Å². The van der Waals surface area contributed by atoms with Gasteiger partial charge in [-0.25, -0.2) is 0 Å². The average molecular weight is 273 g/mol. The molecule has 0 spiro atoms. The molecule has 4 heteroatoms. The zero-order valence-corrected chi connectivity index (χ0v) is 12.0. The molecule has 96 valence electrons. The van der Waals surface area contributed by atoms with Crippen molar-refractivity contribution in [3.63, 3.8) is 0 Å². The van der Waals surface area contributed by atoms with Gasteiger partial charge in [0.15, 0.2) is 0 Å². The Morgan fingerprint density at radius 3 is 2.82 bits per heavy atom. The van der Waals surface area contributed by atoms with Crippen LogP contribution in [0.1, 0.15) is 30.6 Å². The Bertz CT molecular complexity index is 334. The van der Waals surface area contributed by atoms with Gasteiger partial charge in [-0.15, -0.1) is 11.3 Å². The Morgan fingerprint density at radius 1 is 1.41 bits per heavy atom. The number of halogens is 1. The summed E-state index contributed by atoms with van der Waals surface area (Å²) < 4.78 is 0.880. The van der Waals surface area contributed by atoms with Crippen LogP contribution in [0.4, 0.5) is 0 Å². The van der Waals surface area contributed by atoms with Crippen LogP contribution in [0.2, 0.25) is 4.34 Å². The van der Waals surface area contributed by atoms with Gasteiger partial charge in [0.25, 0.3) is 0 Å². The lowest BCUT2D eigenvalue weighted by molar-refractivity contribution is 0.245. The summed E-state index contributed by atoms with van der Waals surface area (Å²) in [6.07, 6.45) is 5.60. The molecule has 0 amide bonds. The minimum atomic E-state index is 0.827. The maximum atomic E-state index is 5.89. The minimum Gasteiger partial charge on any atom is -0.311 e. The first-order valence-electron chi connectivity index (χ1n) is 6.41. The molecule has 17 heavy (non-hydrogen) atoms. The van der Waals surface area contributed by atoms with Crippen LogP contribution in [0.3, 0.4) is 0 Å². The third kappa shape index (κ3) is 4.25. The Balaban J connectivity index is 1.59. The Labute approximate surface area is 113 Å². The molecule has 0 aromatic carbocycles. The van der Waals surface area contributed by atoms with Crippen LogP contribution in [0.15, 0.2) is 12.1 Å². The van der Waals surface area contributed by atoms with Crippen molar-refractivity contribution in [2.75, 3.05) is 20.1 Å². The zero-order chi connectivity index (χ0) is 12.1. The Kier molecular flexibility index (Phi) is 5.29. The van der Waals surface area contributed by atoms with E-state index in [-0.39, 0.29) is 0 Å². The smallest absolute Gasteiger partial charge is 0.0931 e. The van der Waals surface area contributed by atoms with E-state index in [0.29, 0.717) is 0 Å². The molecule has 1 N–H and O–H groups in total. The van der Waals surface area contributed by atoms with Gasteiger partial charge in [0.1, 0.15) is 0 Å². The highest BCUT2D eigenvalue weighted by atomic mass is 35.5. The number of nitrogens with one attached hydrogen (secondary N) is 1. The first kappa shape index (κ1) is 13.3. The highest BCUT2D eigenvalue weighted by Gasteiger charge is 2.18. The fraction of sp³-hybridized carbons (Fsp3) is 0.692. The third-order valence-corrected chi connectivity index (χ3v) is 4.75. The van der Waals surface area contributed by atoms with Gasteiger partial charge in [-0.1, -0.05) is 24.4 Å². The van der Waals surface area contributed by atoms with E-state index in [2.05, 4.69) is 23.3 Å². The summed E-state index contributed by atoms with van der Waals surface area (Å²) in [5, 5.41) is 3.48. The standard InChI is InChI=1S/C13H21ClN2S/c1-16(11-4-2-3-5-11)9-8-15-10-12-6-7-13(14)17-12/h6-7,11,15H,2-5,8-10H2,1H3. The Morgan fingerprint density at radius 2 is 2.18 bits per heavy atom. The van der Waals surface area contributed by atoms with Gasteiger partial charge in [-0.05, 0) is 32.0 Å². The molecule has 1 aromatic heterocycles. The minimum absolute atomic E-state index is 0.827. The van der Waals surface area contributed by atoms with Crippen molar-refractivity contribution in [2.45, 2.75) is 38.3 Å². The lowest BCUT2D eigenvalue weighted by Crippen LogP contribution is -2.35.